The number of rotatable bonds is 4. The van der Waals surface area contributed by atoms with Gasteiger partial charge >= 0.3 is 0 Å². The average molecular weight is 327 g/mol. The number of amides is 1. The summed E-state index contributed by atoms with van der Waals surface area (Å²) in [7, 11) is 0. The fourth-order valence-electron chi connectivity index (χ4n) is 4.53. The molecule has 3 heterocycles. The molecule has 0 N–H and O–H groups in total. The second kappa shape index (κ2) is 6.47. The summed E-state index contributed by atoms with van der Waals surface area (Å²) in [5.74, 6) is 0.400. The molecule has 1 spiro atoms. The number of carbonyl (C=O) groups is 1. The summed E-state index contributed by atoms with van der Waals surface area (Å²) >= 11 is 0. The number of piperidine rings is 2. The monoisotopic (exact) mass is 327 g/mol. The van der Waals surface area contributed by atoms with E-state index in [9.17, 15) is 4.79 Å². The van der Waals surface area contributed by atoms with Crippen LogP contribution in [-0.2, 0) is 17.8 Å². The molecular weight excluding hydrogens is 298 g/mol. The van der Waals surface area contributed by atoms with Gasteiger partial charge in [-0.15, -0.1) is 0 Å². The van der Waals surface area contributed by atoms with E-state index in [1.54, 1.807) is 0 Å². The minimum absolute atomic E-state index is 0.331. The van der Waals surface area contributed by atoms with E-state index in [-0.39, 0.29) is 0 Å². The molecule has 130 valence electrons. The van der Waals surface area contributed by atoms with Gasteiger partial charge in [0.15, 0.2) is 0 Å². The third-order valence-corrected chi connectivity index (χ3v) is 6.10. The fraction of sp³-hybridized carbons (Fsp3) is 0.700. The van der Waals surface area contributed by atoms with Gasteiger partial charge in [0.2, 0.25) is 5.91 Å². The summed E-state index contributed by atoms with van der Waals surface area (Å²) in [5, 5.41) is 0. The lowest BCUT2D eigenvalue weighted by Gasteiger charge is -2.48. The van der Waals surface area contributed by atoms with Crippen LogP contribution in [0.3, 0.4) is 0 Å². The number of hydrogen-bond acceptors (Lipinski definition) is 3. The van der Waals surface area contributed by atoms with Crippen molar-refractivity contribution in [3.05, 3.63) is 29.6 Å². The molecule has 3 aliphatic rings. The van der Waals surface area contributed by atoms with E-state index in [1.807, 2.05) is 6.20 Å². The van der Waals surface area contributed by atoms with E-state index >= 15 is 0 Å². The molecular formula is C20H29N3O. The van der Waals surface area contributed by atoms with E-state index in [0.29, 0.717) is 17.4 Å². The predicted molar refractivity (Wildman–Crippen MR) is 94.5 cm³/mol. The quantitative estimate of drug-likeness (QED) is 0.853. The van der Waals surface area contributed by atoms with E-state index in [2.05, 4.69) is 33.8 Å². The maximum absolute atomic E-state index is 12.2. The summed E-state index contributed by atoms with van der Waals surface area (Å²) in [5.41, 5.74) is 2.81. The van der Waals surface area contributed by atoms with Crippen LogP contribution in [0.15, 0.2) is 18.3 Å². The van der Waals surface area contributed by atoms with Crippen LogP contribution >= 0.6 is 0 Å². The molecule has 0 bridgehead atoms. The lowest BCUT2D eigenvalue weighted by Crippen LogP contribution is -2.54. The lowest BCUT2D eigenvalue weighted by molar-refractivity contribution is -0.140. The van der Waals surface area contributed by atoms with E-state index in [4.69, 9.17) is 0 Å². The zero-order chi connectivity index (χ0) is 16.6. The Bertz CT molecular complexity index is 595. The molecule has 4 heteroatoms. The Morgan fingerprint density at radius 1 is 1.25 bits per heavy atom. The number of aromatic nitrogens is 1. The van der Waals surface area contributed by atoms with Crippen LogP contribution in [0.5, 0.6) is 0 Å². The molecule has 1 amide bonds. The van der Waals surface area contributed by atoms with E-state index in [0.717, 1.165) is 45.4 Å². The number of nitrogens with zero attached hydrogens (tertiary/aromatic N) is 3. The number of aryl methyl sites for hydroxylation is 1. The van der Waals surface area contributed by atoms with Crippen molar-refractivity contribution in [2.75, 3.05) is 19.6 Å². The first-order valence-corrected chi connectivity index (χ1v) is 9.63. The molecule has 3 fully saturated rings. The van der Waals surface area contributed by atoms with Crippen LogP contribution in [-0.4, -0.2) is 46.4 Å². The Morgan fingerprint density at radius 2 is 2.12 bits per heavy atom. The van der Waals surface area contributed by atoms with Gasteiger partial charge in [-0.05, 0) is 56.7 Å². The summed E-state index contributed by atoms with van der Waals surface area (Å²) in [6.45, 7) is 6.40. The fourth-order valence-corrected chi connectivity index (χ4v) is 4.53. The summed E-state index contributed by atoms with van der Waals surface area (Å²) in [6.07, 6.45) is 9.87. The molecule has 1 saturated carbocycles. The highest BCUT2D eigenvalue weighted by Gasteiger charge is 2.45. The van der Waals surface area contributed by atoms with Gasteiger partial charge in [-0.3, -0.25) is 14.7 Å². The molecule has 2 aliphatic heterocycles. The van der Waals surface area contributed by atoms with Crippen LogP contribution in [0.4, 0.5) is 0 Å². The molecule has 1 aliphatic carbocycles. The first kappa shape index (κ1) is 16.1. The molecule has 1 aromatic rings. The topological polar surface area (TPSA) is 36.4 Å². The maximum atomic E-state index is 12.2. The summed E-state index contributed by atoms with van der Waals surface area (Å²) in [4.78, 5) is 21.7. The Balaban J connectivity index is 1.42. The Hall–Kier alpha value is -1.42. The third kappa shape index (κ3) is 3.34. The number of hydrogen-bond donors (Lipinski definition) is 0. The smallest absolute Gasteiger partial charge is 0.222 e. The van der Waals surface area contributed by atoms with Gasteiger partial charge in [0.05, 0.1) is 5.69 Å². The van der Waals surface area contributed by atoms with Crippen LogP contribution < -0.4 is 0 Å². The standard InChI is InChI=1S/C20H29N3O/c1-2-16-4-5-17(21-12-16)13-22-11-3-9-20(14-22)10-8-19(24)23(15-20)18-6-7-18/h4-5,12,18H,2-3,6-11,13-15H2,1H3/t20-/m0/s1. The Morgan fingerprint density at radius 3 is 2.83 bits per heavy atom. The van der Waals surface area contributed by atoms with Gasteiger partial charge < -0.3 is 4.90 Å². The van der Waals surface area contributed by atoms with Crippen LogP contribution in [0.1, 0.15) is 56.7 Å². The Labute approximate surface area is 145 Å². The highest BCUT2D eigenvalue weighted by atomic mass is 16.2. The zero-order valence-electron chi connectivity index (χ0n) is 14.8. The summed E-state index contributed by atoms with van der Waals surface area (Å²) < 4.78 is 0. The van der Waals surface area contributed by atoms with Gasteiger partial charge in [-0.2, -0.15) is 0 Å². The Kier molecular flexibility index (Phi) is 4.33. The SMILES string of the molecule is CCc1ccc(CN2CCC[C@]3(CCC(=O)N(C4CC4)C3)C2)nc1. The highest BCUT2D eigenvalue weighted by Crippen LogP contribution is 2.42. The minimum atomic E-state index is 0.331. The predicted octanol–water partition coefficient (Wildman–Crippen LogP) is 3.01. The lowest BCUT2D eigenvalue weighted by atomic mass is 9.73. The first-order chi connectivity index (χ1) is 11.7. The molecule has 24 heavy (non-hydrogen) atoms. The molecule has 2 saturated heterocycles. The molecule has 4 rings (SSSR count). The zero-order valence-corrected chi connectivity index (χ0v) is 14.8. The van der Waals surface area contributed by atoms with Crippen molar-refractivity contribution in [2.24, 2.45) is 5.41 Å². The van der Waals surface area contributed by atoms with Crippen molar-refractivity contribution in [2.45, 2.75) is 64.5 Å². The van der Waals surface area contributed by atoms with Crippen molar-refractivity contribution in [1.29, 1.82) is 0 Å². The minimum Gasteiger partial charge on any atom is -0.339 e. The van der Waals surface area contributed by atoms with Gasteiger partial charge in [0.25, 0.3) is 0 Å². The number of likely N-dealkylation sites (tertiary alicyclic amines) is 2. The van der Waals surface area contributed by atoms with Crippen LogP contribution in [0, 0.1) is 5.41 Å². The summed E-state index contributed by atoms with van der Waals surface area (Å²) in [6, 6.07) is 4.95. The van der Waals surface area contributed by atoms with Gasteiger partial charge in [-0.25, -0.2) is 0 Å². The van der Waals surface area contributed by atoms with Crippen LogP contribution in [0.2, 0.25) is 0 Å². The van der Waals surface area contributed by atoms with Crippen molar-refractivity contribution < 1.29 is 4.79 Å². The van der Waals surface area contributed by atoms with Crippen molar-refractivity contribution in [1.82, 2.24) is 14.8 Å². The second-order valence-corrected chi connectivity index (χ2v) is 8.08. The molecule has 1 aromatic heterocycles. The molecule has 4 nitrogen and oxygen atoms in total. The van der Waals surface area contributed by atoms with Crippen molar-refractivity contribution >= 4 is 5.91 Å². The van der Waals surface area contributed by atoms with Crippen LogP contribution in [0.25, 0.3) is 0 Å². The van der Waals surface area contributed by atoms with E-state index in [1.165, 1.54) is 36.9 Å². The number of carbonyl (C=O) groups excluding carboxylic acids is 1. The molecule has 0 radical (unpaired) electrons. The largest absolute Gasteiger partial charge is 0.339 e. The average Bonchev–Trinajstić information content (AvgIpc) is 3.43. The van der Waals surface area contributed by atoms with E-state index < -0.39 is 0 Å². The molecule has 0 aromatic carbocycles. The van der Waals surface area contributed by atoms with Crippen molar-refractivity contribution in [3.8, 4) is 0 Å². The second-order valence-electron chi connectivity index (χ2n) is 8.08. The first-order valence-electron chi connectivity index (χ1n) is 9.63. The van der Waals surface area contributed by atoms with Crippen molar-refractivity contribution in [3.63, 3.8) is 0 Å². The molecule has 0 unspecified atom stereocenters. The number of pyridine rings is 1. The molecule has 1 atom stereocenters. The third-order valence-electron chi connectivity index (χ3n) is 6.10. The normalized spacial score (nSPS) is 28.5. The van der Waals surface area contributed by atoms with Gasteiger partial charge in [-0.1, -0.05) is 13.0 Å². The maximum Gasteiger partial charge on any atom is 0.222 e. The highest BCUT2D eigenvalue weighted by molar-refractivity contribution is 5.78. The van der Waals surface area contributed by atoms with Gasteiger partial charge in [0.1, 0.15) is 0 Å². The van der Waals surface area contributed by atoms with Gasteiger partial charge in [0, 0.05) is 43.7 Å².